The summed E-state index contributed by atoms with van der Waals surface area (Å²) in [4.78, 5) is 14.0. The smallest absolute Gasteiger partial charge is 0.258 e. The lowest BCUT2D eigenvalue weighted by molar-refractivity contribution is -0.387. The van der Waals surface area contributed by atoms with Gasteiger partial charge in [0, 0.05) is 17.6 Å². The van der Waals surface area contributed by atoms with Crippen molar-refractivity contribution < 1.29 is 13.7 Å². The Kier molecular flexibility index (Phi) is 3.06. The third kappa shape index (κ3) is 2.20. The highest BCUT2D eigenvalue weighted by Crippen LogP contribution is 2.32. The van der Waals surface area contributed by atoms with Crippen LogP contribution in [0.4, 0.5) is 14.5 Å². The third-order valence-corrected chi connectivity index (χ3v) is 3.16. The molecule has 3 aromatic rings. The highest BCUT2D eigenvalue weighted by atomic mass is 19.1. The van der Waals surface area contributed by atoms with Gasteiger partial charge in [0.25, 0.3) is 0 Å². The first-order valence-electron chi connectivity index (χ1n) is 6.05. The average Bonchev–Trinajstić information content (AvgIpc) is 2.47. The normalized spacial score (nSPS) is 10.8. The van der Waals surface area contributed by atoms with E-state index in [2.05, 4.69) is 4.98 Å². The molecule has 0 unspecified atom stereocenters. The standard InChI is InChI=1S/C15H8F2N2O2/c16-11-4-6-13(19(20)21)15(17)14(11)10-3-5-12-9(8-10)2-1-7-18-12/h1-8H. The Morgan fingerprint density at radius 1 is 1.10 bits per heavy atom. The number of hydrogen-bond donors (Lipinski definition) is 0. The second kappa shape index (κ2) is 4.90. The molecule has 0 aliphatic heterocycles. The minimum atomic E-state index is -1.18. The summed E-state index contributed by atoms with van der Waals surface area (Å²) in [7, 11) is 0. The molecule has 1 heterocycles. The Hall–Kier alpha value is -2.89. The number of fused-ring (bicyclic) bond motifs is 1. The Morgan fingerprint density at radius 3 is 2.67 bits per heavy atom. The van der Waals surface area contributed by atoms with Gasteiger partial charge < -0.3 is 0 Å². The lowest BCUT2D eigenvalue weighted by atomic mass is 10.0. The van der Waals surface area contributed by atoms with Gasteiger partial charge in [0.2, 0.25) is 5.82 Å². The zero-order valence-corrected chi connectivity index (χ0v) is 10.6. The molecular weight excluding hydrogens is 278 g/mol. The van der Waals surface area contributed by atoms with E-state index in [4.69, 9.17) is 0 Å². The van der Waals surface area contributed by atoms with Gasteiger partial charge in [-0.1, -0.05) is 12.1 Å². The van der Waals surface area contributed by atoms with Crippen molar-refractivity contribution in [1.29, 1.82) is 0 Å². The van der Waals surface area contributed by atoms with Crippen LogP contribution in [-0.4, -0.2) is 9.91 Å². The largest absolute Gasteiger partial charge is 0.305 e. The number of aromatic nitrogens is 1. The molecule has 0 saturated heterocycles. The number of halogens is 2. The van der Waals surface area contributed by atoms with E-state index in [1.807, 2.05) is 0 Å². The minimum absolute atomic E-state index is 0.231. The van der Waals surface area contributed by atoms with Gasteiger partial charge in [0.05, 0.1) is 16.0 Å². The molecular formula is C15H8F2N2O2. The van der Waals surface area contributed by atoms with Gasteiger partial charge in [-0.25, -0.2) is 4.39 Å². The van der Waals surface area contributed by atoms with E-state index < -0.39 is 27.8 Å². The topological polar surface area (TPSA) is 56.0 Å². The van der Waals surface area contributed by atoms with Crippen LogP contribution in [0, 0.1) is 21.7 Å². The fourth-order valence-corrected chi connectivity index (χ4v) is 2.18. The van der Waals surface area contributed by atoms with Crippen molar-refractivity contribution in [3.63, 3.8) is 0 Å². The van der Waals surface area contributed by atoms with E-state index in [9.17, 15) is 18.9 Å². The highest BCUT2D eigenvalue weighted by Gasteiger charge is 2.22. The highest BCUT2D eigenvalue weighted by molar-refractivity contribution is 5.84. The molecule has 0 spiro atoms. The molecule has 3 rings (SSSR count). The summed E-state index contributed by atoms with van der Waals surface area (Å²) in [6, 6.07) is 9.81. The van der Waals surface area contributed by atoms with Crippen molar-refractivity contribution in [3.05, 3.63) is 70.4 Å². The molecule has 0 fully saturated rings. The summed E-state index contributed by atoms with van der Waals surface area (Å²) < 4.78 is 28.1. The van der Waals surface area contributed by atoms with E-state index in [-0.39, 0.29) is 5.56 Å². The average molecular weight is 286 g/mol. The molecule has 0 atom stereocenters. The fourth-order valence-electron chi connectivity index (χ4n) is 2.18. The van der Waals surface area contributed by atoms with Gasteiger partial charge in [0.1, 0.15) is 5.82 Å². The number of nitro benzene ring substituents is 1. The quantitative estimate of drug-likeness (QED) is 0.526. The number of benzene rings is 2. The second-order valence-corrected chi connectivity index (χ2v) is 4.42. The van der Waals surface area contributed by atoms with E-state index in [1.165, 1.54) is 6.07 Å². The Balaban J connectivity index is 2.27. The molecule has 0 aliphatic carbocycles. The van der Waals surface area contributed by atoms with Crippen molar-refractivity contribution in [3.8, 4) is 11.1 Å². The van der Waals surface area contributed by atoms with Gasteiger partial charge in [-0.05, 0) is 29.8 Å². The van der Waals surface area contributed by atoms with Crippen LogP contribution in [0.5, 0.6) is 0 Å². The maximum absolute atomic E-state index is 14.2. The maximum atomic E-state index is 14.2. The predicted octanol–water partition coefficient (Wildman–Crippen LogP) is 4.09. The van der Waals surface area contributed by atoms with E-state index in [1.54, 1.807) is 30.5 Å². The monoisotopic (exact) mass is 286 g/mol. The number of pyridine rings is 1. The van der Waals surface area contributed by atoms with Gasteiger partial charge in [-0.3, -0.25) is 15.1 Å². The number of nitro groups is 1. The SMILES string of the molecule is O=[N+]([O-])c1ccc(F)c(-c2ccc3ncccc3c2)c1F. The fraction of sp³-hybridized carbons (Fsp3) is 0. The number of nitrogens with zero attached hydrogens (tertiary/aromatic N) is 2. The molecule has 1 aromatic heterocycles. The number of rotatable bonds is 2. The van der Waals surface area contributed by atoms with Gasteiger partial charge in [-0.2, -0.15) is 4.39 Å². The Labute approximate surface area is 117 Å². The summed E-state index contributed by atoms with van der Waals surface area (Å²) >= 11 is 0. The van der Waals surface area contributed by atoms with Crippen LogP contribution in [0.15, 0.2) is 48.7 Å². The molecule has 0 bridgehead atoms. The van der Waals surface area contributed by atoms with Crippen LogP contribution in [-0.2, 0) is 0 Å². The summed E-state index contributed by atoms with van der Waals surface area (Å²) in [5, 5.41) is 11.5. The van der Waals surface area contributed by atoms with E-state index in [0.717, 1.165) is 12.1 Å². The molecule has 2 aromatic carbocycles. The summed E-state index contributed by atoms with van der Waals surface area (Å²) in [6.07, 6.45) is 1.61. The molecule has 104 valence electrons. The molecule has 0 saturated carbocycles. The molecule has 4 nitrogen and oxygen atoms in total. The zero-order valence-electron chi connectivity index (χ0n) is 10.6. The van der Waals surface area contributed by atoms with Crippen LogP contribution in [0.3, 0.4) is 0 Å². The van der Waals surface area contributed by atoms with Crippen LogP contribution < -0.4 is 0 Å². The summed E-state index contributed by atoms with van der Waals surface area (Å²) in [5.41, 5.74) is -0.255. The lowest BCUT2D eigenvalue weighted by Crippen LogP contribution is -1.97. The van der Waals surface area contributed by atoms with Crippen molar-refractivity contribution in [1.82, 2.24) is 4.98 Å². The first kappa shape index (κ1) is 13.1. The van der Waals surface area contributed by atoms with E-state index in [0.29, 0.717) is 10.9 Å². The zero-order chi connectivity index (χ0) is 15.0. The molecule has 0 radical (unpaired) electrons. The summed E-state index contributed by atoms with van der Waals surface area (Å²) in [6.45, 7) is 0. The molecule has 0 aliphatic rings. The van der Waals surface area contributed by atoms with Gasteiger partial charge >= 0.3 is 5.69 Å². The maximum Gasteiger partial charge on any atom is 0.305 e. The number of hydrogen-bond acceptors (Lipinski definition) is 3. The molecule has 6 heteroatoms. The first-order valence-corrected chi connectivity index (χ1v) is 6.05. The van der Waals surface area contributed by atoms with Crippen LogP contribution in [0.25, 0.3) is 22.0 Å². The van der Waals surface area contributed by atoms with Crippen LogP contribution >= 0.6 is 0 Å². The Morgan fingerprint density at radius 2 is 1.90 bits per heavy atom. The van der Waals surface area contributed by atoms with Crippen molar-refractivity contribution in [2.75, 3.05) is 0 Å². The van der Waals surface area contributed by atoms with E-state index >= 15 is 0 Å². The van der Waals surface area contributed by atoms with Crippen LogP contribution in [0.1, 0.15) is 0 Å². The molecule has 0 amide bonds. The first-order chi connectivity index (χ1) is 10.1. The third-order valence-electron chi connectivity index (χ3n) is 3.16. The lowest BCUT2D eigenvalue weighted by Gasteiger charge is -2.07. The van der Waals surface area contributed by atoms with Crippen LogP contribution in [0.2, 0.25) is 0 Å². The Bertz CT molecular complexity index is 865. The minimum Gasteiger partial charge on any atom is -0.258 e. The van der Waals surface area contributed by atoms with Gasteiger partial charge in [0.15, 0.2) is 0 Å². The van der Waals surface area contributed by atoms with Gasteiger partial charge in [-0.15, -0.1) is 0 Å². The molecule has 21 heavy (non-hydrogen) atoms. The van der Waals surface area contributed by atoms with Crippen molar-refractivity contribution in [2.24, 2.45) is 0 Å². The van der Waals surface area contributed by atoms with Crippen molar-refractivity contribution >= 4 is 16.6 Å². The molecule has 0 N–H and O–H groups in total. The predicted molar refractivity (Wildman–Crippen MR) is 73.7 cm³/mol. The second-order valence-electron chi connectivity index (χ2n) is 4.42. The van der Waals surface area contributed by atoms with Crippen molar-refractivity contribution in [2.45, 2.75) is 0 Å². The summed E-state index contributed by atoms with van der Waals surface area (Å²) in [5.74, 6) is -2.02.